The van der Waals surface area contributed by atoms with Crippen molar-refractivity contribution in [2.45, 2.75) is 13.0 Å². The molecular weight excluding hydrogens is 316 g/mol. The number of carbonyl (C=O) groups is 1. The summed E-state index contributed by atoms with van der Waals surface area (Å²) in [7, 11) is 0. The predicted molar refractivity (Wildman–Crippen MR) is 83.9 cm³/mol. The molecule has 102 valence electrons. The van der Waals surface area contributed by atoms with Gasteiger partial charge in [-0.2, -0.15) is 0 Å². The summed E-state index contributed by atoms with van der Waals surface area (Å²) < 4.78 is 0.803. The third-order valence-corrected chi connectivity index (χ3v) is 4.16. The second-order valence-corrected chi connectivity index (χ2v) is 5.70. The molecule has 2 aromatic rings. The number of fused-ring (bicyclic) bond motifs is 1. The third kappa shape index (κ3) is 2.76. The van der Waals surface area contributed by atoms with Crippen LogP contribution in [0, 0.1) is 0 Å². The van der Waals surface area contributed by atoms with E-state index in [9.17, 15) is 4.79 Å². The van der Waals surface area contributed by atoms with Gasteiger partial charge in [0, 0.05) is 16.7 Å². The number of benzene rings is 2. The molecule has 0 aromatic heterocycles. The second-order valence-electron chi connectivity index (χ2n) is 4.84. The summed E-state index contributed by atoms with van der Waals surface area (Å²) in [4.78, 5) is 12.2. The summed E-state index contributed by atoms with van der Waals surface area (Å²) in [6, 6.07) is 13.5. The highest BCUT2D eigenvalue weighted by atomic mass is 79.9. The van der Waals surface area contributed by atoms with Crippen molar-refractivity contribution >= 4 is 27.5 Å². The Morgan fingerprint density at radius 1 is 1.15 bits per heavy atom. The van der Waals surface area contributed by atoms with E-state index in [0.717, 1.165) is 29.7 Å². The van der Waals surface area contributed by atoms with E-state index in [1.54, 1.807) is 6.07 Å². The van der Waals surface area contributed by atoms with Crippen molar-refractivity contribution in [3.63, 3.8) is 0 Å². The first kappa shape index (κ1) is 13.3. The summed E-state index contributed by atoms with van der Waals surface area (Å²) in [5.74, 6) is -0.0961. The topological polar surface area (TPSA) is 41.1 Å². The minimum absolute atomic E-state index is 0.0961. The normalized spacial score (nSPS) is 13.7. The Labute approximate surface area is 126 Å². The molecule has 0 aliphatic carbocycles. The minimum atomic E-state index is -0.0961. The standard InChI is InChI=1S/C16H15BrN2O/c17-15-4-2-1-3-14(15)16(20)19-13-6-5-11-7-8-18-10-12(11)9-13/h1-6,9,18H,7-8,10H2,(H,19,20). The maximum absolute atomic E-state index is 12.2. The molecule has 0 saturated carbocycles. The summed E-state index contributed by atoms with van der Waals surface area (Å²) in [5.41, 5.74) is 4.11. The molecule has 1 amide bonds. The van der Waals surface area contributed by atoms with Crippen molar-refractivity contribution in [3.05, 3.63) is 63.6 Å². The molecule has 0 bridgehead atoms. The van der Waals surface area contributed by atoms with Gasteiger partial charge in [-0.1, -0.05) is 18.2 Å². The van der Waals surface area contributed by atoms with E-state index >= 15 is 0 Å². The highest BCUT2D eigenvalue weighted by molar-refractivity contribution is 9.10. The van der Waals surface area contributed by atoms with E-state index in [1.807, 2.05) is 24.3 Å². The molecule has 0 fully saturated rings. The first-order chi connectivity index (χ1) is 9.74. The van der Waals surface area contributed by atoms with E-state index in [-0.39, 0.29) is 5.91 Å². The molecule has 3 nitrogen and oxygen atoms in total. The Morgan fingerprint density at radius 2 is 2.00 bits per heavy atom. The van der Waals surface area contributed by atoms with Gasteiger partial charge < -0.3 is 10.6 Å². The van der Waals surface area contributed by atoms with Crippen LogP contribution in [0.1, 0.15) is 21.5 Å². The van der Waals surface area contributed by atoms with Crippen LogP contribution in [0.25, 0.3) is 0 Å². The molecule has 1 aliphatic rings. The van der Waals surface area contributed by atoms with Crippen LogP contribution < -0.4 is 10.6 Å². The fraction of sp³-hybridized carbons (Fsp3) is 0.188. The van der Waals surface area contributed by atoms with Crippen molar-refractivity contribution in [2.24, 2.45) is 0 Å². The Bertz CT molecular complexity index is 655. The number of halogens is 1. The predicted octanol–water partition coefficient (Wildman–Crippen LogP) is 3.35. The molecular formula is C16H15BrN2O. The van der Waals surface area contributed by atoms with Crippen LogP contribution in [-0.4, -0.2) is 12.5 Å². The van der Waals surface area contributed by atoms with Crippen LogP contribution in [0.2, 0.25) is 0 Å². The fourth-order valence-corrected chi connectivity index (χ4v) is 2.87. The zero-order valence-corrected chi connectivity index (χ0v) is 12.5. The molecule has 0 atom stereocenters. The third-order valence-electron chi connectivity index (χ3n) is 3.47. The zero-order valence-electron chi connectivity index (χ0n) is 10.9. The van der Waals surface area contributed by atoms with Crippen LogP contribution in [0.15, 0.2) is 46.9 Å². The Hall–Kier alpha value is -1.65. The van der Waals surface area contributed by atoms with E-state index in [1.165, 1.54) is 11.1 Å². The van der Waals surface area contributed by atoms with Gasteiger partial charge >= 0.3 is 0 Å². The van der Waals surface area contributed by atoms with Crippen molar-refractivity contribution < 1.29 is 4.79 Å². The fourth-order valence-electron chi connectivity index (χ4n) is 2.40. The molecule has 0 radical (unpaired) electrons. The average molecular weight is 331 g/mol. The Kier molecular flexibility index (Phi) is 3.85. The molecule has 0 spiro atoms. The van der Waals surface area contributed by atoms with E-state index in [2.05, 4.69) is 38.7 Å². The van der Waals surface area contributed by atoms with Crippen LogP contribution in [0.3, 0.4) is 0 Å². The molecule has 0 unspecified atom stereocenters. The van der Waals surface area contributed by atoms with Crippen LogP contribution in [0.5, 0.6) is 0 Å². The quantitative estimate of drug-likeness (QED) is 0.886. The zero-order chi connectivity index (χ0) is 13.9. The lowest BCUT2D eigenvalue weighted by atomic mass is 10.0. The van der Waals surface area contributed by atoms with E-state index in [4.69, 9.17) is 0 Å². The van der Waals surface area contributed by atoms with Crippen LogP contribution in [-0.2, 0) is 13.0 Å². The van der Waals surface area contributed by atoms with Gasteiger partial charge in [-0.15, -0.1) is 0 Å². The van der Waals surface area contributed by atoms with E-state index in [0.29, 0.717) is 5.56 Å². The number of carbonyl (C=O) groups excluding carboxylic acids is 1. The smallest absolute Gasteiger partial charge is 0.256 e. The molecule has 3 rings (SSSR count). The average Bonchev–Trinajstić information content (AvgIpc) is 2.47. The molecule has 2 aromatic carbocycles. The highest BCUT2D eigenvalue weighted by Gasteiger charge is 2.12. The summed E-state index contributed by atoms with van der Waals surface area (Å²) in [6.07, 6.45) is 1.05. The lowest BCUT2D eigenvalue weighted by Crippen LogP contribution is -2.23. The SMILES string of the molecule is O=C(Nc1ccc2c(c1)CNCC2)c1ccccc1Br. The lowest BCUT2D eigenvalue weighted by Gasteiger charge is -2.18. The molecule has 2 N–H and O–H groups in total. The van der Waals surface area contributed by atoms with Crippen LogP contribution in [0.4, 0.5) is 5.69 Å². The van der Waals surface area contributed by atoms with Gasteiger partial charge in [-0.3, -0.25) is 4.79 Å². The number of rotatable bonds is 2. The first-order valence-electron chi connectivity index (χ1n) is 6.62. The van der Waals surface area contributed by atoms with E-state index < -0.39 is 0 Å². The highest BCUT2D eigenvalue weighted by Crippen LogP contribution is 2.21. The van der Waals surface area contributed by atoms with Gasteiger partial charge in [-0.25, -0.2) is 0 Å². The number of hydrogen-bond donors (Lipinski definition) is 2. The maximum atomic E-state index is 12.2. The lowest BCUT2D eigenvalue weighted by molar-refractivity contribution is 0.102. The van der Waals surface area contributed by atoms with Crippen molar-refractivity contribution in [1.82, 2.24) is 5.32 Å². The molecule has 1 aliphatic heterocycles. The summed E-state index contributed by atoms with van der Waals surface area (Å²) in [6.45, 7) is 1.89. The maximum Gasteiger partial charge on any atom is 0.256 e. The van der Waals surface area contributed by atoms with Gasteiger partial charge in [0.1, 0.15) is 0 Å². The first-order valence-corrected chi connectivity index (χ1v) is 7.42. The summed E-state index contributed by atoms with van der Waals surface area (Å²) >= 11 is 3.40. The molecule has 1 heterocycles. The monoisotopic (exact) mass is 330 g/mol. The van der Waals surface area contributed by atoms with Crippen molar-refractivity contribution in [2.75, 3.05) is 11.9 Å². The molecule has 0 saturated heterocycles. The largest absolute Gasteiger partial charge is 0.322 e. The van der Waals surface area contributed by atoms with Gasteiger partial charge in [0.15, 0.2) is 0 Å². The van der Waals surface area contributed by atoms with Gasteiger partial charge in [0.25, 0.3) is 5.91 Å². The second kappa shape index (κ2) is 5.77. The number of nitrogens with one attached hydrogen (secondary N) is 2. The van der Waals surface area contributed by atoms with Crippen molar-refractivity contribution in [1.29, 1.82) is 0 Å². The summed E-state index contributed by atoms with van der Waals surface area (Å²) in [5, 5.41) is 6.29. The van der Waals surface area contributed by atoms with Crippen LogP contribution >= 0.6 is 15.9 Å². The molecule has 4 heteroatoms. The van der Waals surface area contributed by atoms with Gasteiger partial charge in [-0.05, 0) is 64.3 Å². The Balaban J connectivity index is 1.81. The molecule has 20 heavy (non-hydrogen) atoms. The minimum Gasteiger partial charge on any atom is -0.322 e. The number of anilines is 1. The van der Waals surface area contributed by atoms with Gasteiger partial charge in [0.05, 0.1) is 5.56 Å². The number of hydrogen-bond acceptors (Lipinski definition) is 2. The van der Waals surface area contributed by atoms with Crippen molar-refractivity contribution in [3.8, 4) is 0 Å². The van der Waals surface area contributed by atoms with Gasteiger partial charge in [0.2, 0.25) is 0 Å². The number of amides is 1. The Morgan fingerprint density at radius 3 is 2.85 bits per heavy atom.